The van der Waals surface area contributed by atoms with E-state index in [9.17, 15) is 4.79 Å². The van der Waals surface area contributed by atoms with Crippen molar-refractivity contribution in [2.24, 2.45) is 5.73 Å². The van der Waals surface area contributed by atoms with Crippen LogP contribution in [0.4, 0.5) is 0 Å². The van der Waals surface area contributed by atoms with E-state index in [1.54, 1.807) is 18.7 Å². The van der Waals surface area contributed by atoms with Crippen LogP contribution in [0.25, 0.3) is 0 Å². The summed E-state index contributed by atoms with van der Waals surface area (Å²) in [6.07, 6.45) is 2.13. The average Bonchev–Trinajstić information content (AvgIpc) is 2.10. The molecule has 4 N–H and O–H groups in total. The monoisotopic (exact) mass is 206 g/mol. The number of rotatable bonds is 6. The molecule has 0 rings (SSSR count). The zero-order chi connectivity index (χ0) is 10.3. The Morgan fingerprint density at radius 3 is 2.77 bits per heavy atom. The predicted molar refractivity (Wildman–Crippen MR) is 55.7 cm³/mol. The highest BCUT2D eigenvalue weighted by Crippen LogP contribution is 1.98. The number of hydrogen-bond donors (Lipinski definition) is 3. The Labute approximate surface area is 83.3 Å². The molecule has 0 aromatic heterocycles. The summed E-state index contributed by atoms with van der Waals surface area (Å²) in [5.41, 5.74) is 5.58. The van der Waals surface area contributed by atoms with Crippen LogP contribution < -0.4 is 11.1 Å². The number of aliphatic hydroxyl groups is 1. The molecule has 0 spiro atoms. The van der Waals surface area contributed by atoms with Gasteiger partial charge in [-0.15, -0.1) is 0 Å². The molecule has 78 valence electrons. The molecule has 4 nitrogen and oxygen atoms in total. The summed E-state index contributed by atoms with van der Waals surface area (Å²) in [7, 11) is 0. The minimum Gasteiger partial charge on any atom is -0.392 e. The van der Waals surface area contributed by atoms with E-state index in [0.29, 0.717) is 6.42 Å². The standard InChI is InChI=1S/C8H18N2O2S/c1-6(11)5-10-8(12)7(9)3-4-13-2/h6-7,11H,3-5,9H2,1-2H3,(H,10,12)/t6-,7-/m0/s1. The second-order valence-corrected chi connectivity index (χ2v) is 3.97. The molecule has 0 aliphatic carbocycles. The normalized spacial score (nSPS) is 15.1. The molecule has 0 saturated heterocycles. The molecule has 0 radical (unpaired) electrons. The largest absolute Gasteiger partial charge is 0.392 e. The van der Waals surface area contributed by atoms with Crippen molar-refractivity contribution in [3.05, 3.63) is 0 Å². The lowest BCUT2D eigenvalue weighted by molar-refractivity contribution is -0.122. The Bertz CT molecular complexity index is 153. The van der Waals surface area contributed by atoms with E-state index in [4.69, 9.17) is 10.8 Å². The van der Waals surface area contributed by atoms with Gasteiger partial charge >= 0.3 is 0 Å². The molecule has 0 aromatic rings. The van der Waals surface area contributed by atoms with E-state index < -0.39 is 12.1 Å². The highest BCUT2D eigenvalue weighted by atomic mass is 32.2. The minimum absolute atomic E-state index is 0.185. The summed E-state index contributed by atoms with van der Waals surface area (Å²) in [4.78, 5) is 11.2. The van der Waals surface area contributed by atoms with E-state index >= 15 is 0 Å². The fourth-order valence-corrected chi connectivity index (χ4v) is 1.24. The van der Waals surface area contributed by atoms with E-state index in [2.05, 4.69) is 5.32 Å². The smallest absolute Gasteiger partial charge is 0.237 e. The van der Waals surface area contributed by atoms with Gasteiger partial charge in [0.2, 0.25) is 5.91 Å². The lowest BCUT2D eigenvalue weighted by Gasteiger charge is -2.12. The van der Waals surface area contributed by atoms with Crippen molar-refractivity contribution in [3.63, 3.8) is 0 Å². The van der Waals surface area contributed by atoms with Gasteiger partial charge in [-0.2, -0.15) is 11.8 Å². The Morgan fingerprint density at radius 2 is 2.31 bits per heavy atom. The molecule has 0 aromatic carbocycles. The fourth-order valence-electron chi connectivity index (χ4n) is 0.755. The summed E-state index contributed by atoms with van der Waals surface area (Å²) in [5, 5.41) is 11.5. The summed E-state index contributed by atoms with van der Waals surface area (Å²) >= 11 is 1.66. The second-order valence-electron chi connectivity index (χ2n) is 2.98. The van der Waals surface area contributed by atoms with Crippen molar-refractivity contribution in [1.82, 2.24) is 5.32 Å². The number of amides is 1. The third kappa shape index (κ3) is 6.86. The van der Waals surface area contributed by atoms with Crippen LogP contribution in [0.1, 0.15) is 13.3 Å². The van der Waals surface area contributed by atoms with Gasteiger partial charge in [-0.1, -0.05) is 0 Å². The average molecular weight is 206 g/mol. The van der Waals surface area contributed by atoms with Crippen molar-refractivity contribution >= 4 is 17.7 Å². The Kier molecular flexibility index (Phi) is 7.03. The van der Waals surface area contributed by atoms with E-state index in [1.807, 2.05) is 6.26 Å². The zero-order valence-electron chi connectivity index (χ0n) is 8.12. The fraction of sp³-hybridized carbons (Fsp3) is 0.875. The summed E-state index contributed by atoms with van der Waals surface area (Å²) in [6, 6.07) is -0.453. The molecule has 1 amide bonds. The Morgan fingerprint density at radius 1 is 1.69 bits per heavy atom. The first kappa shape index (κ1) is 12.7. The van der Waals surface area contributed by atoms with Gasteiger partial charge in [-0.05, 0) is 25.4 Å². The van der Waals surface area contributed by atoms with Gasteiger partial charge in [0.15, 0.2) is 0 Å². The van der Waals surface area contributed by atoms with Gasteiger partial charge in [0, 0.05) is 6.54 Å². The second kappa shape index (κ2) is 7.17. The molecule has 0 aliphatic heterocycles. The maximum Gasteiger partial charge on any atom is 0.237 e. The van der Waals surface area contributed by atoms with E-state index in [-0.39, 0.29) is 12.5 Å². The highest BCUT2D eigenvalue weighted by molar-refractivity contribution is 7.98. The molecule has 0 heterocycles. The number of carbonyl (C=O) groups excluding carboxylic acids is 1. The van der Waals surface area contributed by atoms with Crippen molar-refractivity contribution in [2.45, 2.75) is 25.5 Å². The zero-order valence-corrected chi connectivity index (χ0v) is 8.93. The molecule has 0 bridgehead atoms. The van der Waals surface area contributed by atoms with Crippen molar-refractivity contribution in [2.75, 3.05) is 18.6 Å². The number of thioether (sulfide) groups is 1. The lowest BCUT2D eigenvalue weighted by Crippen LogP contribution is -2.43. The van der Waals surface area contributed by atoms with Gasteiger partial charge in [0.25, 0.3) is 0 Å². The number of nitrogens with one attached hydrogen (secondary N) is 1. The van der Waals surface area contributed by atoms with Gasteiger partial charge in [-0.25, -0.2) is 0 Å². The minimum atomic E-state index is -0.517. The van der Waals surface area contributed by atoms with Crippen molar-refractivity contribution in [3.8, 4) is 0 Å². The van der Waals surface area contributed by atoms with Crippen LogP contribution >= 0.6 is 11.8 Å². The highest BCUT2D eigenvalue weighted by Gasteiger charge is 2.12. The van der Waals surface area contributed by atoms with Crippen LogP contribution in [0.3, 0.4) is 0 Å². The third-order valence-electron chi connectivity index (χ3n) is 1.54. The van der Waals surface area contributed by atoms with Crippen LogP contribution in [0.2, 0.25) is 0 Å². The Balaban J connectivity index is 3.57. The molecule has 0 unspecified atom stereocenters. The first-order valence-electron chi connectivity index (χ1n) is 4.28. The molecule has 0 saturated carbocycles. The number of aliphatic hydroxyl groups excluding tert-OH is 1. The van der Waals surface area contributed by atoms with Crippen molar-refractivity contribution in [1.29, 1.82) is 0 Å². The van der Waals surface area contributed by atoms with E-state index in [1.165, 1.54) is 0 Å². The predicted octanol–water partition coefficient (Wildman–Crippen LogP) is -0.436. The third-order valence-corrected chi connectivity index (χ3v) is 2.19. The summed E-state index contributed by atoms with van der Waals surface area (Å²) in [6.45, 7) is 1.89. The molecule has 0 fully saturated rings. The van der Waals surface area contributed by atoms with Crippen LogP contribution in [0.5, 0.6) is 0 Å². The number of hydrogen-bond acceptors (Lipinski definition) is 4. The summed E-state index contributed by atoms with van der Waals surface area (Å²) in [5.74, 6) is 0.693. The molecular formula is C8H18N2O2S. The quantitative estimate of drug-likeness (QED) is 0.551. The van der Waals surface area contributed by atoms with Gasteiger partial charge < -0.3 is 16.2 Å². The van der Waals surface area contributed by atoms with Gasteiger partial charge in [-0.3, -0.25) is 4.79 Å². The maximum absolute atomic E-state index is 11.2. The topological polar surface area (TPSA) is 75.4 Å². The first-order chi connectivity index (χ1) is 6.07. The van der Waals surface area contributed by atoms with Crippen LogP contribution in [0.15, 0.2) is 0 Å². The SMILES string of the molecule is CSCC[C@H](N)C(=O)NC[C@H](C)O. The molecular weight excluding hydrogens is 188 g/mol. The van der Waals surface area contributed by atoms with Crippen LogP contribution in [0, 0.1) is 0 Å². The van der Waals surface area contributed by atoms with Gasteiger partial charge in [0.05, 0.1) is 12.1 Å². The molecule has 0 aliphatic rings. The maximum atomic E-state index is 11.2. The lowest BCUT2D eigenvalue weighted by atomic mass is 10.2. The molecule has 2 atom stereocenters. The van der Waals surface area contributed by atoms with Crippen molar-refractivity contribution < 1.29 is 9.90 Å². The van der Waals surface area contributed by atoms with Crippen LogP contribution in [-0.4, -0.2) is 41.7 Å². The van der Waals surface area contributed by atoms with Gasteiger partial charge in [0.1, 0.15) is 0 Å². The Hall–Kier alpha value is -0.260. The number of nitrogens with two attached hydrogens (primary N) is 1. The molecule has 13 heavy (non-hydrogen) atoms. The summed E-state index contributed by atoms with van der Waals surface area (Å²) < 4.78 is 0. The van der Waals surface area contributed by atoms with E-state index in [0.717, 1.165) is 5.75 Å². The molecule has 5 heteroatoms. The van der Waals surface area contributed by atoms with Crippen LogP contribution in [-0.2, 0) is 4.79 Å². The first-order valence-corrected chi connectivity index (χ1v) is 5.67. The number of carbonyl (C=O) groups is 1.